The Morgan fingerprint density at radius 3 is 2.77 bits per heavy atom. The Labute approximate surface area is 134 Å². The number of aromatic nitrogens is 4. The number of hydrogen-bond donors (Lipinski definition) is 1. The highest BCUT2D eigenvalue weighted by Crippen LogP contribution is 2.12. The summed E-state index contributed by atoms with van der Waals surface area (Å²) in [4.78, 5) is 8.70. The summed E-state index contributed by atoms with van der Waals surface area (Å²) in [6, 6.07) is 9.72. The summed E-state index contributed by atoms with van der Waals surface area (Å²) >= 11 is 5.80. The molecule has 3 aromatic heterocycles. The highest BCUT2D eigenvalue weighted by Gasteiger charge is 2.02. The Kier molecular flexibility index (Phi) is 4.34. The number of rotatable bonds is 5. The third kappa shape index (κ3) is 3.83. The van der Waals surface area contributed by atoms with Crippen LogP contribution in [0.2, 0.25) is 5.15 Å². The van der Waals surface area contributed by atoms with E-state index in [1.165, 1.54) is 0 Å². The summed E-state index contributed by atoms with van der Waals surface area (Å²) in [6.07, 6.45) is 6.33. The summed E-state index contributed by atoms with van der Waals surface area (Å²) in [7, 11) is 1.91. The van der Waals surface area contributed by atoms with Crippen LogP contribution in [0.5, 0.6) is 0 Å². The zero-order chi connectivity index (χ0) is 15.4. The molecule has 22 heavy (non-hydrogen) atoms. The fourth-order valence-corrected chi connectivity index (χ4v) is 2.26. The number of aryl methyl sites for hydroxylation is 1. The normalized spacial score (nSPS) is 10.6. The lowest BCUT2D eigenvalue weighted by Crippen LogP contribution is -2.02. The highest BCUT2D eigenvalue weighted by molar-refractivity contribution is 6.29. The van der Waals surface area contributed by atoms with Gasteiger partial charge in [0, 0.05) is 43.7 Å². The molecule has 0 atom stereocenters. The summed E-state index contributed by atoms with van der Waals surface area (Å²) in [5.74, 6) is 0.850. The van der Waals surface area contributed by atoms with Crippen LogP contribution < -0.4 is 5.32 Å². The van der Waals surface area contributed by atoms with E-state index >= 15 is 0 Å². The molecule has 0 bridgehead atoms. The van der Waals surface area contributed by atoms with Crippen LogP contribution in [0.3, 0.4) is 0 Å². The van der Waals surface area contributed by atoms with Crippen LogP contribution >= 0.6 is 11.6 Å². The van der Waals surface area contributed by atoms with Crippen LogP contribution in [0.15, 0.2) is 48.9 Å². The van der Waals surface area contributed by atoms with Crippen molar-refractivity contribution in [3.05, 3.63) is 70.9 Å². The predicted octanol–water partition coefficient (Wildman–Crippen LogP) is 3.07. The van der Waals surface area contributed by atoms with Crippen molar-refractivity contribution in [3.8, 4) is 0 Å². The average molecular weight is 314 g/mol. The van der Waals surface area contributed by atoms with Crippen molar-refractivity contribution in [2.75, 3.05) is 5.32 Å². The largest absolute Gasteiger partial charge is 0.366 e. The third-order valence-electron chi connectivity index (χ3n) is 3.21. The quantitative estimate of drug-likeness (QED) is 0.736. The van der Waals surface area contributed by atoms with Gasteiger partial charge in [-0.2, -0.15) is 5.10 Å². The Bertz CT molecular complexity index is 751. The van der Waals surface area contributed by atoms with E-state index in [0.717, 1.165) is 29.1 Å². The topological polar surface area (TPSA) is 55.6 Å². The SMILES string of the molecule is Cn1cc(CNc2cccc(Cc3ccc(Cl)nc3)n2)cn1. The van der Waals surface area contributed by atoms with Crippen molar-refractivity contribution in [1.82, 2.24) is 19.7 Å². The molecule has 0 aliphatic heterocycles. The first-order valence-electron chi connectivity index (χ1n) is 6.97. The Morgan fingerprint density at radius 1 is 1.14 bits per heavy atom. The fraction of sp³-hybridized carbons (Fsp3) is 0.188. The van der Waals surface area contributed by atoms with Gasteiger partial charge in [-0.3, -0.25) is 4.68 Å². The average Bonchev–Trinajstić information content (AvgIpc) is 2.94. The van der Waals surface area contributed by atoms with Crippen LogP contribution in [-0.2, 0) is 20.0 Å². The van der Waals surface area contributed by atoms with E-state index in [1.807, 2.05) is 43.7 Å². The van der Waals surface area contributed by atoms with Crippen molar-refractivity contribution in [2.45, 2.75) is 13.0 Å². The maximum Gasteiger partial charge on any atom is 0.129 e. The van der Waals surface area contributed by atoms with Crippen LogP contribution in [0.4, 0.5) is 5.82 Å². The standard InChI is InChI=1S/C16H16ClN5/c1-22-11-13(10-20-22)9-19-16-4-2-3-14(21-16)7-12-5-6-15(17)18-8-12/h2-6,8,10-11H,7,9H2,1H3,(H,19,21). The first-order valence-corrected chi connectivity index (χ1v) is 7.34. The molecule has 0 spiro atoms. The van der Waals surface area contributed by atoms with Crippen molar-refractivity contribution in [2.24, 2.45) is 7.05 Å². The highest BCUT2D eigenvalue weighted by atomic mass is 35.5. The monoisotopic (exact) mass is 313 g/mol. The van der Waals surface area contributed by atoms with Gasteiger partial charge in [-0.15, -0.1) is 0 Å². The number of anilines is 1. The summed E-state index contributed by atoms with van der Waals surface area (Å²) in [5, 5.41) is 7.96. The Balaban J connectivity index is 1.65. The van der Waals surface area contributed by atoms with Crippen molar-refractivity contribution in [1.29, 1.82) is 0 Å². The van der Waals surface area contributed by atoms with Crippen LogP contribution in [0.1, 0.15) is 16.8 Å². The molecular weight excluding hydrogens is 298 g/mol. The maximum atomic E-state index is 5.80. The van der Waals surface area contributed by atoms with E-state index in [-0.39, 0.29) is 0 Å². The van der Waals surface area contributed by atoms with Gasteiger partial charge < -0.3 is 5.32 Å². The van der Waals surface area contributed by atoms with Crippen LogP contribution in [0, 0.1) is 0 Å². The summed E-state index contributed by atoms with van der Waals surface area (Å²) in [6.45, 7) is 0.701. The minimum absolute atomic E-state index is 0.503. The van der Waals surface area contributed by atoms with Crippen LogP contribution in [0.25, 0.3) is 0 Å². The van der Waals surface area contributed by atoms with E-state index in [0.29, 0.717) is 11.7 Å². The van der Waals surface area contributed by atoms with Gasteiger partial charge in [-0.05, 0) is 23.8 Å². The molecule has 5 nitrogen and oxygen atoms in total. The first kappa shape index (κ1) is 14.5. The van der Waals surface area contributed by atoms with E-state index in [2.05, 4.69) is 20.4 Å². The van der Waals surface area contributed by atoms with Crippen molar-refractivity contribution in [3.63, 3.8) is 0 Å². The molecule has 0 radical (unpaired) electrons. The first-order chi connectivity index (χ1) is 10.7. The predicted molar refractivity (Wildman–Crippen MR) is 86.8 cm³/mol. The van der Waals surface area contributed by atoms with Gasteiger partial charge in [0.05, 0.1) is 6.20 Å². The molecule has 0 saturated heterocycles. The van der Waals surface area contributed by atoms with Gasteiger partial charge in [-0.25, -0.2) is 9.97 Å². The van der Waals surface area contributed by atoms with Gasteiger partial charge in [0.15, 0.2) is 0 Å². The van der Waals surface area contributed by atoms with Gasteiger partial charge in [0.2, 0.25) is 0 Å². The van der Waals surface area contributed by atoms with E-state index in [9.17, 15) is 0 Å². The van der Waals surface area contributed by atoms with E-state index < -0.39 is 0 Å². The molecule has 3 aromatic rings. The molecule has 0 aromatic carbocycles. The summed E-state index contributed by atoms with van der Waals surface area (Å²) in [5.41, 5.74) is 3.19. The molecule has 0 saturated carbocycles. The Morgan fingerprint density at radius 2 is 2.05 bits per heavy atom. The van der Waals surface area contributed by atoms with Gasteiger partial charge in [0.1, 0.15) is 11.0 Å². The molecule has 3 rings (SSSR count). The minimum Gasteiger partial charge on any atom is -0.366 e. The number of pyridine rings is 2. The van der Waals surface area contributed by atoms with Crippen LogP contribution in [-0.4, -0.2) is 19.7 Å². The smallest absolute Gasteiger partial charge is 0.129 e. The number of nitrogens with zero attached hydrogens (tertiary/aromatic N) is 4. The molecule has 0 aliphatic rings. The zero-order valence-electron chi connectivity index (χ0n) is 12.2. The molecule has 3 heterocycles. The molecule has 112 valence electrons. The third-order valence-corrected chi connectivity index (χ3v) is 3.44. The number of hydrogen-bond acceptors (Lipinski definition) is 4. The lowest BCUT2D eigenvalue weighted by Gasteiger charge is -2.06. The molecule has 6 heteroatoms. The molecular formula is C16H16ClN5. The second kappa shape index (κ2) is 6.58. The number of halogens is 1. The molecule has 1 N–H and O–H groups in total. The zero-order valence-corrected chi connectivity index (χ0v) is 13.0. The van der Waals surface area contributed by atoms with Gasteiger partial charge in [-0.1, -0.05) is 23.7 Å². The fourth-order valence-electron chi connectivity index (χ4n) is 2.15. The van der Waals surface area contributed by atoms with Gasteiger partial charge >= 0.3 is 0 Å². The second-order valence-corrected chi connectivity index (χ2v) is 5.44. The van der Waals surface area contributed by atoms with Gasteiger partial charge in [0.25, 0.3) is 0 Å². The Hall–Kier alpha value is -2.40. The lowest BCUT2D eigenvalue weighted by atomic mass is 10.1. The second-order valence-electron chi connectivity index (χ2n) is 5.06. The number of nitrogens with one attached hydrogen (secondary N) is 1. The van der Waals surface area contributed by atoms with Crippen molar-refractivity contribution >= 4 is 17.4 Å². The minimum atomic E-state index is 0.503. The molecule has 0 aliphatic carbocycles. The molecule has 0 unspecified atom stereocenters. The maximum absolute atomic E-state index is 5.80. The summed E-state index contributed by atoms with van der Waals surface area (Å²) < 4.78 is 1.79. The lowest BCUT2D eigenvalue weighted by molar-refractivity contribution is 0.767. The van der Waals surface area contributed by atoms with E-state index in [1.54, 1.807) is 16.9 Å². The molecule has 0 amide bonds. The van der Waals surface area contributed by atoms with Crippen molar-refractivity contribution < 1.29 is 0 Å². The van der Waals surface area contributed by atoms with E-state index in [4.69, 9.17) is 11.6 Å². The molecule has 0 fully saturated rings.